The molecule has 4 rings (SSSR count). The molecule has 0 aliphatic carbocycles. The highest BCUT2D eigenvalue weighted by molar-refractivity contribution is 7.98. The smallest absolute Gasteiger partial charge is 0.256 e. The molecule has 1 amide bonds. The molecule has 0 spiro atoms. The van der Waals surface area contributed by atoms with Crippen LogP contribution in [0.25, 0.3) is 0 Å². The monoisotopic (exact) mass is 411 g/mol. The lowest BCUT2D eigenvalue weighted by Crippen LogP contribution is -2.26. The van der Waals surface area contributed by atoms with Gasteiger partial charge in [0.1, 0.15) is 10.8 Å². The third-order valence-electron chi connectivity index (χ3n) is 4.74. The van der Waals surface area contributed by atoms with Gasteiger partial charge in [-0.05, 0) is 43.7 Å². The van der Waals surface area contributed by atoms with Crippen LogP contribution in [0.3, 0.4) is 0 Å². The lowest BCUT2D eigenvalue weighted by Gasteiger charge is -2.19. The molecule has 3 heterocycles. The first kappa shape index (κ1) is 19.3. The summed E-state index contributed by atoms with van der Waals surface area (Å²) in [5.41, 5.74) is 3.44. The molecule has 0 saturated carbocycles. The second kappa shape index (κ2) is 8.16. The van der Waals surface area contributed by atoms with Crippen molar-refractivity contribution in [1.82, 2.24) is 15.0 Å². The Morgan fingerprint density at radius 2 is 2.03 bits per heavy atom. The fraction of sp³-hybridized carbons (Fsp3) is 0.286. The van der Waals surface area contributed by atoms with Gasteiger partial charge in [-0.3, -0.25) is 4.79 Å². The van der Waals surface area contributed by atoms with E-state index in [0.29, 0.717) is 28.6 Å². The number of hydrogen-bond acceptors (Lipinski definition) is 7. The SMILES string of the molecule is Cc1noc(C)c1CSc1ncccc1C(=O)N(C)Cc1ccc2c(c1)OCO2. The van der Waals surface area contributed by atoms with Crippen molar-refractivity contribution in [2.75, 3.05) is 13.8 Å². The minimum Gasteiger partial charge on any atom is -0.454 e. The maximum absolute atomic E-state index is 13.1. The Kier molecular flexibility index (Phi) is 5.44. The molecule has 0 bridgehead atoms. The molecule has 0 saturated heterocycles. The Balaban J connectivity index is 1.48. The quantitative estimate of drug-likeness (QED) is 0.568. The molecule has 150 valence electrons. The van der Waals surface area contributed by atoms with Gasteiger partial charge in [-0.1, -0.05) is 11.2 Å². The number of aryl methyl sites for hydroxylation is 2. The molecule has 0 N–H and O–H groups in total. The highest BCUT2D eigenvalue weighted by atomic mass is 32.2. The first-order valence-corrected chi connectivity index (χ1v) is 10.1. The number of pyridine rings is 1. The van der Waals surface area contributed by atoms with Crippen LogP contribution in [0.15, 0.2) is 46.1 Å². The average molecular weight is 411 g/mol. The maximum Gasteiger partial charge on any atom is 0.256 e. The fourth-order valence-electron chi connectivity index (χ4n) is 3.11. The molecule has 0 radical (unpaired) electrons. The number of ether oxygens (including phenoxy) is 2. The molecular weight excluding hydrogens is 390 g/mol. The predicted octanol–water partition coefficient (Wildman–Crippen LogP) is 3.98. The zero-order valence-electron chi connectivity index (χ0n) is 16.5. The molecule has 0 unspecified atom stereocenters. The summed E-state index contributed by atoms with van der Waals surface area (Å²) in [6.07, 6.45) is 1.70. The number of carbonyl (C=O) groups excluding carboxylic acids is 1. The number of benzene rings is 1. The normalized spacial score (nSPS) is 12.2. The standard InChI is InChI=1S/C21H21N3O4S/c1-13-17(14(2)28-23-13)11-29-20-16(5-4-8-22-20)21(25)24(3)10-15-6-7-18-19(9-15)27-12-26-18/h4-9H,10-12H2,1-3H3. The van der Waals surface area contributed by atoms with Gasteiger partial charge < -0.3 is 18.9 Å². The summed E-state index contributed by atoms with van der Waals surface area (Å²) in [6.45, 7) is 4.49. The van der Waals surface area contributed by atoms with Crippen molar-refractivity contribution in [2.24, 2.45) is 0 Å². The van der Waals surface area contributed by atoms with Crippen molar-refractivity contribution >= 4 is 17.7 Å². The Bertz CT molecular complexity index is 1030. The van der Waals surface area contributed by atoms with Crippen LogP contribution in [-0.2, 0) is 12.3 Å². The van der Waals surface area contributed by atoms with E-state index >= 15 is 0 Å². The summed E-state index contributed by atoms with van der Waals surface area (Å²) in [5.74, 6) is 2.79. The van der Waals surface area contributed by atoms with E-state index in [2.05, 4.69) is 10.1 Å². The van der Waals surface area contributed by atoms with Gasteiger partial charge in [0.15, 0.2) is 11.5 Å². The summed E-state index contributed by atoms with van der Waals surface area (Å²) < 4.78 is 16.0. The van der Waals surface area contributed by atoms with E-state index in [1.54, 1.807) is 30.3 Å². The topological polar surface area (TPSA) is 77.7 Å². The highest BCUT2D eigenvalue weighted by Gasteiger charge is 2.20. The Morgan fingerprint density at radius 3 is 2.83 bits per heavy atom. The first-order chi connectivity index (χ1) is 14.0. The number of carbonyl (C=O) groups is 1. The second-order valence-corrected chi connectivity index (χ2v) is 7.76. The van der Waals surface area contributed by atoms with Gasteiger partial charge in [-0.25, -0.2) is 4.98 Å². The Labute approximate surface area is 173 Å². The van der Waals surface area contributed by atoms with E-state index < -0.39 is 0 Å². The Hall–Kier alpha value is -3.00. The Morgan fingerprint density at radius 1 is 1.21 bits per heavy atom. The summed E-state index contributed by atoms with van der Waals surface area (Å²) in [5, 5.41) is 4.67. The minimum atomic E-state index is -0.0861. The van der Waals surface area contributed by atoms with Crippen LogP contribution in [-0.4, -0.2) is 34.8 Å². The highest BCUT2D eigenvalue weighted by Crippen LogP contribution is 2.33. The van der Waals surface area contributed by atoms with Gasteiger partial charge in [0.2, 0.25) is 6.79 Å². The van der Waals surface area contributed by atoms with Crippen LogP contribution in [0.4, 0.5) is 0 Å². The lowest BCUT2D eigenvalue weighted by atomic mass is 10.1. The average Bonchev–Trinajstić information content (AvgIpc) is 3.32. The molecule has 0 atom stereocenters. The van der Waals surface area contributed by atoms with Crippen molar-refractivity contribution in [3.05, 3.63) is 64.7 Å². The van der Waals surface area contributed by atoms with Crippen LogP contribution in [0.5, 0.6) is 11.5 Å². The molecule has 3 aromatic rings. The van der Waals surface area contributed by atoms with Gasteiger partial charge in [-0.15, -0.1) is 11.8 Å². The third-order valence-corrected chi connectivity index (χ3v) is 5.77. The summed E-state index contributed by atoms with van der Waals surface area (Å²) in [6, 6.07) is 9.30. The second-order valence-electron chi connectivity index (χ2n) is 6.80. The molecule has 1 aliphatic rings. The van der Waals surface area contributed by atoms with Crippen molar-refractivity contribution in [3.63, 3.8) is 0 Å². The van der Waals surface area contributed by atoms with Crippen molar-refractivity contribution in [3.8, 4) is 11.5 Å². The number of thioether (sulfide) groups is 1. The largest absolute Gasteiger partial charge is 0.454 e. The molecule has 2 aromatic heterocycles. The lowest BCUT2D eigenvalue weighted by molar-refractivity contribution is 0.0780. The van der Waals surface area contributed by atoms with E-state index in [1.165, 1.54) is 11.8 Å². The molecule has 7 nitrogen and oxygen atoms in total. The zero-order chi connectivity index (χ0) is 20.4. The van der Waals surface area contributed by atoms with E-state index in [0.717, 1.165) is 28.3 Å². The molecule has 29 heavy (non-hydrogen) atoms. The van der Waals surface area contributed by atoms with E-state index in [9.17, 15) is 4.79 Å². The van der Waals surface area contributed by atoms with E-state index in [-0.39, 0.29) is 12.7 Å². The predicted molar refractivity (Wildman–Crippen MR) is 108 cm³/mol. The van der Waals surface area contributed by atoms with Crippen molar-refractivity contribution in [1.29, 1.82) is 0 Å². The number of amides is 1. The number of hydrogen-bond donors (Lipinski definition) is 0. The summed E-state index contributed by atoms with van der Waals surface area (Å²) in [7, 11) is 1.78. The van der Waals surface area contributed by atoms with E-state index in [1.807, 2.05) is 32.0 Å². The molecular formula is C21H21N3O4S. The summed E-state index contributed by atoms with van der Waals surface area (Å²) in [4.78, 5) is 19.2. The van der Waals surface area contributed by atoms with Crippen molar-refractivity contribution < 1.29 is 18.8 Å². The van der Waals surface area contributed by atoms with Crippen LogP contribution >= 0.6 is 11.8 Å². The zero-order valence-corrected chi connectivity index (χ0v) is 17.3. The third kappa shape index (κ3) is 4.07. The fourth-order valence-corrected chi connectivity index (χ4v) is 4.25. The van der Waals surface area contributed by atoms with Crippen molar-refractivity contribution in [2.45, 2.75) is 31.2 Å². The first-order valence-electron chi connectivity index (χ1n) is 9.16. The minimum absolute atomic E-state index is 0.0861. The van der Waals surface area contributed by atoms with Gasteiger partial charge in [-0.2, -0.15) is 0 Å². The van der Waals surface area contributed by atoms with Gasteiger partial charge in [0.05, 0.1) is 11.3 Å². The molecule has 0 fully saturated rings. The van der Waals surface area contributed by atoms with Crippen LogP contribution in [0.1, 0.15) is 32.9 Å². The number of fused-ring (bicyclic) bond motifs is 1. The molecule has 1 aromatic carbocycles. The van der Waals surface area contributed by atoms with Gasteiger partial charge in [0.25, 0.3) is 5.91 Å². The van der Waals surface area contributed by atoms with Crippen LogP contribution < -0.4 is 9.47 Å². The van der Waals surface area contributed by atoms with Gasteiger partial charge in [0, 0.05) is 31.1 Å². The number of aromatic nitrogens is 2. The van der Waals surface area contributed by atoms with Crippen LogP contribution in [0, 0.1) is 13.8 Å². The number of nitrogens with zero attached hydrogens (tertiary/aromatic N) is 3. The molecule has 8 heteroatoms. The van der Waals surface area contributed by atoms with Gasteiger partial charge >= 0.3 is 0 Å². The summed E-state index contributed by atoms with van der Waals surface area (Å²) >= 11 is 1.51. The maximum atomic E-state index is 13.1. The van der Waals surface area contributed by atoms with E-state index in [4.69, 9.17) is 14.0 Å². The number of rotatable bonds is 6. The van der Waals surface area contributed by atoms with Crippen LogP contribution in [0.2, 0.25) is 0 Å². The molecule has 1 aliphatic heterocycles.